The van der Waals surface area contributed by atoms with Crippen molar-refractivity contribution in [2.24, 2.45) is 11.7 Å². The average Bonchev–Trinajstić information content (AvgIpc) is 2.61. The summed E-state index contributed by atoms with van der Waals surface area (Å²) < 4.78 is 0. The van der Waals surface area contributed by atoms with Gasteiger partial charge >= 0.3 is 0 Å². The molecule has 0 saturated heterocycles. The van der Waals surface area contributed by atoms with Crippen LogP contribution in [0.15, 0.2) is 0 Å². The lowest BCUT2D eigenvalue weighted by atomic mass is 10.2. The molecule has 2 heteroatoms. The van der Waals surface area contributed by atoms with Crippen molar-refractivity contribution >= 4 is 8.07 Å². The monoisotopic (exact) mass is 167 g/mol. The summed E-state index contributed by atoms with van der Waals surface area (Å²) in [6, 6.07) is 0.168. The number of hydrogen-bond donors (Lipinski definition) is 1. The average molecular weight is 167 g/mol. The number of rotatable bonds is 1. The van der Waals surface area contributed by atoms with Crippen LogP contribution in [-0.2, 0) is 0 Å². The molecule has 1 fully saturated rings. The maximum absolute atomic E-state index is 5.83. The van der Waals surface area contributed by atoms with Crippen molar-refractivity contribution in [1.29, 1.82) is 0 Å². The Morgan fingerprint density at radius 3 is 2.27 bits per heavy atom. The van der Waals surface area contributed by atoms with Crippen molar-refractivity contribution in [3.05, 3.63) is 0 Å². The molecule has 0 aromatic rings. The molecule has 1 saturated carbocycles. The fourth-order valence-corrected chi connectivity index (χ4v) is 1.47. The number of hydrogen-bond acceptors (Lipinski definition) is 1. The molecule has 1 nitrogen and oxygen atoms in total. The lowest BCUT2D eigenvalue weighted by molar-refractivity contribution is 0.731. The molecule has 1 aliphatic rings. The van der Waals surface area contributed by atoms with Crippen molar-refractivity contribution < 1.29 is 0 Å². The van der Waals surface area contributed by atoms with Crippen LogP contribution in [0, 0.1) is 17.4 Å². The zero-order valence-corrected chi connectivity index (χ0v) is 8.65. The normalized spacial score (nSPS) is 20.4. The third-order valence-electron chi connectivity index (χ3n) is 1.74. The first kappa shape index (κ1) is 8.83. The molecule has 0 unspecified atom stereocenters. The molecule has 11 heavy (non-hydrogen) atoms. The molecule has 1 aliphatic carbocycles. The van der Waals surface area contributed by atoms with E-state index < -0.39 is 8.07 Å². The van der Waals surface area contributed by atoms with E-state index >= 15 is 0 Å². The van der Waals surface area contributed by atoms with Gasteiger partial charge in [0.1, 0.15) is 8.07 Å². The predicted octanol–water partition coefficient (Wildman–Crippen LogP) is 1.60. The Morgan fingerprint density at radius 1 is 1.36 bits per heavy atom. The van der Waals surface area contributed by atoms with Crippen LogP contribution < -0.4 is 5.73 Å². The Labute approximate surface area is 70.4 Å². The first-order valence-electron chi connectivity index (χ1n) is 4.27. The van der Waals surface area contributed by atoms with E-state index in [1.165, 1.54) is 12.8 Å². The molecular formula is C9H17NSi. The summed E-state index contributed by atoms with van der Waals surface area (Å²) in [5.41, 5.74) is 9.14. The van der Waals surface area contributed by atoms with E-state index in [0.29, 0.717) is 0 Å². The van der Waals surface area contributed by atoms with Gasteiger partial charge in [-0.3, -0.25) is 0 Å². The molecule has 0 aliphatic heterocycles. The molecule has 1 rings (SSSR count). The van der Waals surface area contributed by atoms with Crippen LogP contribution in [-0.4, -0.2) is 14.1 Å². The molecule has 0 amide bonds. The van der Waals surface area contributed by atoms with Crippen molar-refractivity contribution in [2.45, 2.75) is 38.5 Å². The fourth-order valence-electron chi connectivity index (χ4n) is 0.873. The third-order valence-corrected chi connectivity index (χ3v) is 2.64. The van der Waals surface area contributed by atoms with Crippen LogP contribution in [0.4, 0.5) is 0 Å². The van der Waals surface area contributed by atoms with Crippen LogP contribution in [0.2, 0.25) is 19.6 Å². The summed E-state index contributed by atoms with van der Waals surface area (Å²) in [6.45, 7) is 6.75. The van der Waals surface area contributed by atoms with E-state index in [1.54, 1.807) is 0 Å². The Hall–Kier alpha value is -0.263. The van der Waals surface area contributed by atoms with Crippen LogP contribution in [0.3, 0.4) is 0 Å². The van der Waals surface area contributed by atoms with Crippen molar-refractivity contribution in [2.75, 3.05) is 0 Å². The minimum Gasteiger partial charge on any atom is -0.317 e. The highest BCUT2D eigenvalue weighted by atomic mass is 28.3. The first-order valence-corrected chi connectivity index (χ1v) is 7.77. The fraction of sp³-hybridized carbons (Fsp3) is 0.778. The molecule has 2 N–H and O–H groups in total. The van der Waals surface area contributed by atoms with Crippen LogP contribution in [0.1, 0.15) is 12.8 Å². The van der Waals surface area contributed by atoms with Gasteiger partial charge in [0.05, 0.1) is 6.04 Å². The Balaban J connectivity index is 2.41. The highest BCUT2D eigenvalue weighted by Crippen LogP contribution is 2.31. The van der Waals surface area contributed by atoms with Crippen molar-refractivity contribution in [3.8, 4) is 11.5 Å². The van der Waals surface area contributed by atoms with E-state index in [4.69, 9.17) is 5.73 Å². The van der Waals surface area contributed by atoms with Gasteiger partial charge in [-0.25, -0.2) is 0 Å². The number of nitrogens with two attached hydrogens (primary N) is 1. The van der Waals surface area contributed by atoms with Gasteiger partial charge in [-0.1, -0.05) is 25.6 Å². The van der Waals surface area contributed by atoms with Gasteiger partial charge in [0.25, 0.3) is 0 Å². The van der Waals surface area contributed by atoms with Gasteiger partial charge < -0.3 is 5.73 Å². The molecule has 62 valence electrons. The van der Waals surface area contributed by atoms with Gasteiger partial charge in [0, 0.05) is 0 Å². The summed E-state index contributed by atoms with van der Waals surface area (Å²) in [7, 11) is -1.18. The lowest BCUT2D eigenvalue weighted by Crippen LogP contribution is -2.23. The van der Waals surface area contributed by atoms with Crippen molar-refractivity contribution in [3.63, 3.8) is 0 Å². The largest absolute Gasteiger partial charge is 0.317 e. The quantitative estimate of drug-likeness (QED) is 0.466. The first-order chi connectivity index (χ1) is 4.99. The second kappa shape index (κ2) is 3.00. The standard InChI is InChI=1S/C9H17NSi/c1-11(2,3)7-6-9(10)8-4-5-8/h8-9H,4-5,10H2,1-3H3/t9-/m1/s1. The summed E-state index contributed by atoms with van der Waals surface area (Å²) >= 11 is 0. The predicted molar refractivity (Wildman–Crippen MR) is 51.8 cm³/mol. The lowest BCUT2D eigenvalue weighted by Gasteiger charge is -2.05. The maximum atomic E-state index is 5.83. The molecule has 0 aromatic heterocycles. The molecule has 1 atom stereocenters. The van der Waals surface area contributed by atoms with E-state index in [0.717, 1.165) is 5.92 Å². The van der Waals surface area contributed by atoms with Crippen LogP contribution in [0.5, 0.6) is 0 Å². The highest BCUT2D eigenvalue weighted by molar-refractivity contribution is 6.83. The Kier molecular flexibility index (Phi) is 2.41. The smallest absolute Gasteiger partial charge is 0.129 e. The molecule has 0 spiro atoms. The molecule has 0 heterocycles. The van der Waals surface area contributed by atoms with Gasteiger partial charge in [-0.05, 0) is 18.8 Å². The summed E-state index contributed by atoms with van der Waals surface area (Å²) in [4.78, 5) is 0. The maximum Gasteiger partial charge on any atom is 0.129 e. The van der Waals surface area contributed by atoms with E-state index in [2.05, 4.69) is 31.1 Å². The Morgan fingerprint density at radius 2 is 1.91 bits per heavy atom. The van der Waals surface area contributed by atoms with Crippen LogP contribution in [0.25, 0.3) is 0 Å². The van der Waals surface area contributed by atoms with E-state index in [9.17, 15) is 0 Å². The van der Waals surface area contributed by atoms with E-state index in [1.807, 2.05) is 0 Å². The SMILES string of the molecule is C[Si](C)(C)C#C[C@@H](N)C1CC1. The summed E-state index contributed by atoms with van der Waals surface area (Å²) in [5, 5.41) is 0. The molecule has 0 radical (unpaired) electrons. The van der Waals surface area contributed by atoms with Gasteiger partial charge in [-0.2, -0.15) is 0 Å². The molecule has 0 aromatic carbocycles. The minimum atomic E-state index is -1.18. The van der Waals surface area contributed by atoms with Gasteiger partial charge in [0.2, 0.25) is 0 Å². The third kappa shape index (κ3) is 3.59. The van der Waals surface area contributed by atoms with Gasteiger partial charge in [-0.15, -0.1) is 5.54 Å². The summed E-state index contributed by atoms with van der Waals surface area (Å²) in [6.07, 6.45) is 2.59. The zero-order valence-electron chi connectivity index (χ0n) is 7.65. The molecular weight excluding hydrogens is 150 g/mol. The van der Waals surface area contributed by atoms with Crippen molar-refractivity contribution in [1.82, 2.24) is 0 Å². The van der Waals surface area contributed by atoms with Crippen LogP contribution >= 0.6 is 0 Å². The Bertz CT molecular complexity index is 190. The van der Waals surface area contributed by atoms with Gasteiger partial charge in [0.15, 0.2) is 0 Å². The summed E-state index contributed by atoms with van der Waals surface area (Å²) in [5.74, 6) is 3.90. The highest BCUT2D eigenvalue weighted by Gasteiger charge is 2.27. The molecule has 0 bridgehead atoms. The second-order valence-electron chi connectivity index (χ2n) is 4.38. The zero-order chi connectivity index (χ0) is 8.48. The minimum absolute atomic E-state index is 0.168. The van der Waals surface area contributed by atoms with E-state index in [-0.39, 0.29) is 6.04 Å². The second-order valence-corrected chi connectivity index (χ2v) is 9.13. The topological polar surface area (TPSA) is 26.0 Å².